The Bertz CT molecular complexity index is 917. The van der Waals surface area contributed by atoms with Crippen molar-refractivity contribution in [2.24, 2.45) is 0 Å². The zero-order valence-electron chi connectivity index (χ0n) is 15.6. The Balaban J connectivity index is 1.55. The van der Waals surface area contributed by atoms with Crippen molar-refractivity contribution >= 4 is 38.7 Å². The summed E-state index contributed by atoms with van der Waals surface area (Å²) in [6.45, 7) is 2.35. The second-order valence-corrected chi connectivity index (χ2v) is 9.57. The van der Waals surface area contributed by atoms with E-state index >= 15 is 0 Å². The van der Waals surface area contributed by atoms with Gasteiger partial charge in [0.05, 0.1) is 9.77 Å². The Morgan fingerprint density at radius 3 is 2.32 bits per heavy atom. The molecule has 9 heteroatoms. The maximum Gasteiger partial charge on any atom is 0.243 e. The molecule has 1 fully saturated rings. The van der Waals surface area contributed by atoms with Crippen LogP contribution >= 0.6 is 11.3 Å². The van der Waals surface area contributed by atoms with Crippen molar-refractivity contribution in [3.63, 3.8) is 0 Å². The Hall–Kier alpha value is -2.07. The number of piperazine rings is 1. The minimum absolute atomic E-state index is 0.0567. The van der Waals surface area contributed by atoms with E-state index in [1.165, 1.54) is 27.8 Å². The van der Waals surface area contributed by atoms with Crippen molar-refractivity contribution in [3.05, 3.63) is 46.7 Å². The fourth-order valence-corrected chi connectivity index (χ4v) is 5.02. The van der Waals surface area contributed by atoms with Crippen molar-refractivity contribution < 1.29 is 18.0 Å². The highest BCUT2D eigenvalue weighted by Crippen LogP contribution is 2.20. The maximum absolute atomic E-state index is 12.7. The van der Waals surface area contributed by atoms with Crippen LogP contribution in [0, 0.1) is 0 Å². The maximum atomic E-state index is 12.7. The minimum atomic E-state index is -3.53. The number of amides is 1. The van der Waals surface area contributed by atoms with E-state index in [2.05, 4.69) is 10.2 Å². The van der Waals surface area contributed by atoms with Gasteiger partial charge in [-0.1, -0.05) is 6.07 Å². The van der Waals surface area contributed by atoms with Gasteiger partial charge in [-0.25, -0.2) is 8.42 Å². The van der Waals surface area contributed by atoms with Crippen molar-refractivity contribution in [2.45, 2.75) is 17.7 Å². The van der Waals surface area contributed by atoms with Gasteiger partial charge in [-0.3, -0.25) is 9.59 Å². The molecule has 0 saturated carbocycles. The van der Waals surface area contributed by atoms with Crippen molar-refractivity contribution in [1.82, 2.24) is 9.21 Å². The summed E-state index contributed by atoms with van der Waals surface area (Å²) in [5.41, 5.74) is 0.505. The Morgan fingerprint density at radius 1 is 1.04 bits per heavy atom. The first-order valence-electron chi connectivity index (χ1n) is 9.01. The number of sulfonamides is 1. The lowest BCUT2D eigenvalue weighted by Crippen LogP contribution is -2.46. The summed E-state index contributed by atoms with van der Waals surface area (Å²) in [6, 6.07) is 9.68. The molecule has 1 N–H and O–H groups in total. The first-order valence-corrected chi connectivity index (χ1v) is 11.3. The molecule has 3 rings (SSSR count). The SMILES string of the molecule is CN1CCN(S(=O)(=O)c2ccc(NC(=O)CCC(=O)c3cccs3)cc2)CC1. The van der Waals surface area contributed by atoms with Crippen LogP contribution in [0.5, 0.6) is 0 Å². The zero-order chi connectivity index (χ0) is 20.1. The van der Waals surface area contributed by atoms with E-state index in [9.17, 15) is 18.0 Å². The molecule has 7 nitrogen and oxygen atoms in total. The minimum Gasteiger partial charge on any atom is -0.326 e. The van der Waals surface area contributed by atoms with Crippen LogP contribution in [0.3, 0.4) is 0 Å². The molecule has 2 heterocycles. The topological polar surface area (TPSA) is 86.8 Å². The molecule has 1 aromatic heterocycles. The normalized spacial score (nSPS) is 16.0. The fourth-order valence-electron chi connectivity index (χ4n) is 2.90. The molecule has 1 amide bonds. The molecule has 2 aromatic rings. The summed E-state index contributed by atoms with van der Waals surface area (Å²) in [7, 11) is -1.56. The molecule has 0 spiro atoms. The molecule has 0 bridgehead atoms. The first-order chi connectivity index (χ1) is 13.4. The van der Waals surface area contributed by atoms with Crippen LogP contribution < -0.4 is 5.32 Å². The smallest absolute Gasteiger partial charge is 0.243 e. The predicted molar refractivity (Wildman–Crippen MR) is 109 cm³/mol. The number of carbonyl (C=O) groups excluding carboxylic acids is 2. The fraction of sp³-hybridized carbons (Fsp3) is 0.368. The molecule has 150 valence electrons. The molecule has 28 heavy (non-hydrogen) atoms. The Morgan fingerprint density at radius 2 is 1.71 bits per heavy atom. The molecule has 0 aliphatic carbocycles. The van der Waals surface area contributed by atoms with Crippen LogP contribution in [0.2, 0.25) is 0 Å². The third-order valence-electron chi connectivity index (χ3n) is 4.61. The molecule has 1 saturated heterocycles. The standard InChI is InChI=1S/C19H23N3O4S2/c1-21-10-12-22(13-11-21)28(25,26)16-6-4-15(5-7-16)20-19(24)9-8-17(23)18-3-2-14-27-18/h2-7,14H,8-13H2,1H3,(H,20,24). The van der Waals surface area contributed by atoms with Gasteiger partial charge in [0.1, 0.15) is 0 Å². The van der Waals surface area contributed by atoms with Crippen molar-refractivity contribution in [2.75, 3.05) is 38.5 Å². The van der Waals surface area contributed by atoms with Crippen LogP contribution in [0.1, 0.15) is 22.5 Å². The molecule has 0 unspecified atom stereocenters. The van der Waals surface area contributed by atoms with Gasteiger partial charge in [0.2, 0.25) is 15.9 Å². The number of hydrogen-bond donors (Lipinski definition) is 1. The second-order valence-electron chi connectivity index (χ2n) is 6.68. The highest BCUT2D eigenvalue weighted by atomic mass is 32.2. The van der Waals surface area contributed by atoms with Crippen LogP contribution in [-0.4, -0.2) is 62.5 Å². The Kier molecular flexibility index (Phi) is 6.61. The zero-order valence-corrected chi connectivity index (χ0v) is 17.3. The van der Waals surface area contributed by atoms with E-state index in [0.29, 0.717) is 36.7 Å². The van der Waals surface area contributed by atoms with Crippen LogP contribution in [-0.2, 0) is 14.8 Å². The molecule has 0 radical (unpaired) electrons. The van der Waals surface area contributed by atoms with Gasteiger partial charge in [0.25, 0.3) is 0 Å². The molecule has 1 aliphatic heterocycles. The number of Topliss-reactive ketones (excluding diaryl/α,β-unsaturated/α-hetero) is 1. The van der Waals surface area contributed by atoms with Crippen molar-refractivity contribution in [3.8, 4) is 0 Å². The first kappa shape index (κ1) is 20.7. The van der Waals surface area contributed by atoms with Crippen LogP contribution in [0.15, 0.2) is 46.7 Å². The summed E-state index contributed by atoms with van der Waals surface area (Å²) in [6.07, 6.45) is 0.223. The number of benzene rings is 1. The van der Waals surface area contributed by atoms with E-state index in [-0.39, 0.29) is 29.4 Å². The quantitative estimate of drug-likeness (QED) is 0.693. The van der Waals surface area contributed by atoms with Gasteiger partial charge >= 0.3 is 0 Å². The summed E-state index contributed by atoms with van der Waals surface area (Å²) >= 11 is 1.36. The average Bonchev–Trinajstić information content (AvgIpc) is 3.22. The van der Waals surface area contributed by atoms with Gasteiger partial charge < -0.3 is 10.2 Å². The second kappa shape index (κ2) is 8.95. The summed E-state index contributed by atoms with van der Waals surface area (Å²) in [4.78, 5) is 26.9. The highest BCUT2D eigenvalue weighted by molar-refractivity contribution is 7.89. The lowest BCUT2D eigenvalue weighted by atomic mass is 10.2. The van der Waals surface area contributed by atoms with E-state index < -0.39 is 10.0 Å². The van der Waals surface area contributed by atoms with E-state index in [4.69, 9.17) is 0 Å². The molecule has 1 aromatic carbocycles. The average molecular weight is 422 g/mol. The Labute approximate surface area is 169 Å². The number of nitrogens with one attached hydrogen (secondary N) is 1. The number of carbonyl (C=O) groups is 2. The number of nitrogens with zero attached hydrogens (tertiary/aromatic N) is 2. The van der Waals surface area contributed by atoms with Gasteiger partial charge in [-0.15, -0.1) is 11.3 Å². The van der Waals surface area contributed by atoms with Gasteiger partial charge in [-0.2, -0.15) is 4.31 Å². The summed E-state index contributed by atoms with van der Waals surface area (Å²) < 4.78 is 26.9. The number of thiophene rings is 1. The van der Waals surface area contributed by atoms with E-state index in [1.54, 1.807) is 24.3 Å². The lowest BCUT2D eigenvalue weighted by Gasteiger charge is -2.31. The molecular weight excluding hydrogens is 398 g/mol. The van der Waals surface area contributed by atoms with E-state index in [0.717, 1.165) is 0 Å². The van der Waals surface area contributed by atoms with Crippen LogP contribution in [0.25, 0.3) is 0 Å². The number of likely N-dealkylation sites (N-methyl/N-ethyl adjacent to an activating group) is 1. The number of ketones is 1. The summed E-state index contributed by atoms with van der Waals surface area (Å²) in [5, 5.41) is 4.53. The largest absolute Gasteiger partial charge is 0.326 e. The third kappa shape index (κ3) is 5.05. The summed E-state index contributed by atoms with van der Waals surface area (Å²) in [5.74, 6) is -0.335. The monoisotopic (exact) mass is 421 g/mol. The number of hydrogen-bond acceptors (Lipinski definition) is 6. The van der Waals surface area contributed by atoms with Gasteiger partial charge in [0.15, 0.2) is 5.78 Å². The van der Waals surface area contributed by atoms with Gasteiger partial charge in [-0.05, 0) is 42.8 Å². The number of rotatable bonds is 7. The van der Waals surface area contributed by atoms with Crippen molar-refractivity contribution in [1.29, 1.82) is 0 Å². The predicted octanol–water partition coefficient (Wildman–Crippen LogP) is 2.29. The number of anilines is 1. The molecule has 0 atom stereocenters. The third-order valence-corrected chi connectivity index (χ3v) is 7.44. The lowest BCUT2D eigenvalue weighted by molar-refractivity contribution is -0.116. The highest BCUT2D eigenvalue weighted by Gasteiger charge is 2.27. The van der Waals surface area contributed by atoms with E-state index in [1.807, 2.05) is 12.4 Å². The molecule has 1 aliphatic rings. The van der Waals surface area contributed by atoms with Gasteiger partial charge in [0, 0.05) is 44.7 Å². The van der Waals surface area contributed by atoms with Crippen LogP contribution in [0.4, 0.5) is 5.69 Å². The molecular formula is C19H23N3O4S2.